The molecule has 3 unspecified atom stereocenters. The van der Waals surface area contributed by atoms with Gasteiger partial charge in [0.05, 0.1) is 18.8 Å². The van der Waals surface area contributed by atoms with Crippen molar-refractivity contribution in [3.8, 4) is 0 Å². The third-order valence-electron chi connectivity index (χ3n) is 12.5. The molecule has 336 valence electrons. The van der Waals surface area contributed by atoms with E-state index in [-0.39, 0.29) is 12.5 Å². The van der Waals surface area contributed by atoms with E-state index < -0.39 is 18.2 Å². The summed E-state index contributed by atoms with van der Waals surface area (Å²) >= 11 is 0. The summed E-state index contributed by atoms with van der Waals surface area (Å²) in [4.78, 5) is 12.5. The normalized spacial score (nSPS) is 13.3. The Labute approximate surface area is 351 Å². The van der Waals surface area contributed by atoms with Crippen molar-refractivity contribution in [3.63, 3.8) is 0 Å². The minimum absolute atomic E-state index is 0.137. The van der Waals surface area contributed by atoms with Gasteiger partial charge in [0, 0.05) is 6.42 Å². The van der Waals surface area contributed by atoms with Gasteiger partial charge in [-0.05, 0) is 12.8 Å². The number of unbranched alkanes of at least 4 members (excludes halogenated alkanes) is 40. The Morgan fingerprint density at radius 1 is 0.375 bits per heavy atom. The van der Waals surface area contributed by atoms with Crippen molar-refractivity contribution in [2.45, 2.75) is 315 Å². The van der Waals surface area contributed by atoms with Gasteiger partial charge >= 0.3 is 0 Å². The van der Waals surface area contributed by atoms with Crippen molar-refractivity contribution in [1.29, 1.82) is 0 Å². The number of amides is 1. The molecule has 0 rings (SSSR count). The summed E-state index contributed by atoms with van der Waals surface area (Å²) in [5.74, 6) is -0.137. The van der Waals surface area contributed by atoms with E-state index in [9.17, 15) is 20.1 Å². The Kier molecular flexibility index (Phi) is 46.5. The zero-order valence-electron chi connectivity index (χ0n) is 38.3. The van der Waals surface area contributed by atoms with Crippen LogP contribution in [-0.4, -0.2) is 46.1 Å². The monoisotopic (exact) mass is 794 g/mol. The molecule has 0 radical (unpaired) electrons. The molecule has 5 heteroatoms. The first-order valence-electron chi connectivity index (χ1n) is 25.8. The summed E-state index contributed by atoms with van der Waals surface area (Å²) in [6.07, 6.45) is 55.2. The van der Waals surface area contributed by atoms with E-state index in [4.69, 9.17) is 0 Å². The molecule has 0 heterocycles. The van der Waals surface area contributed by atoms with E-state index in [0.717, 1.165) is 32.1 Å². The van der Waals surface area contributed by atoms with E-state index >= 15 is 0 Å². The SMILES string of the molecule is CCCCCCCCCCCCCCCCCCCCCCCCCCC(=O)NC(CO)C(O)C(O)CCCCCCCCCCCCCCCCCCCC. The smallest absolute Gasteiger partial charge is 0.220 e. The Morgan fingerprint density at radius 3 is 0.857 bits per heavy atom. The highest BCUT2D eigenvalue weighted by Crippen LogP contribution is 2.18. The lowest BCUT2D eigenvalue weighted by Gasteiger charge is -2.26. The van der Waals surface area contributed by atoms with Crippen LogP contribution >= 0.6 is 0 Å². The molecule has 0 spiro atoms. The van der Waals surface area contributed by atoms with E-state index in [2.05, 4.69) is 19.2 Å². The second kappa shape index (κ2) is 47.0. The molecular weight excluding hydrogens is 691 g/mol. The maximum absolute atomic E-state index is 12.5. The predicted octanol–water partition coefficient (Wildman–Crippen LogP) is 15.4. The van der Waals surface area contributed by atoms with Gasteiger partial charge in [-0.2, -0.15) is 0 Å². The van der Waals surface area contributed by atoms with Crippen LogP contribution in [0.25, 0.3) is 0 Å². The second-order valence-corrected chi connectivity index (χ2v) is 18.1. The van der Waals surface area contributed by atoms with Crippen molar-refractivity contribution in [2.75, 3.05) is 6.61 Å². The molecule has 56 heavy (non-hydrogen) atoms. The average Bonchev–Trinajstić information content (AvgIpc) is 3.20. The van der Waals surface area contributed by atoms with Crippen molar-refractivity contribution < 1.29 is 20.1 Å². The lowest BCUT2D eigenvalue weighted by atomic mass is 9.99. The van der Waals surface area contributed by atoms with Crippen molar-refractivity contribution >= 4 is 5.91 Å². The first kappa shape index (κ1) is 55.4. The zero-order valence-corrected chi connectivity index (χ0v) is 38.3. The topological polar surface area (TPSA) is 89.8 Å². The highest BCUT2D eigenvalue weighted by Gasteiger charge is 2.26. The number of carbonyl (C=O) groups is 1. The molecule has 3 atom stereocenters. The van der Waals surface area contributed by atoms with Gasteiger partial charge in [0.2, 0.25) is 5.91 Å². The van der Waals surface area contributed by atoms with Crippen LogP contribution in [0.15, 0.2) is 0 Å². The third-order valence-corrected chi connectivity index (χ3v) is 12.5. The van der Waals surface area contributed by atoms with E-state index in [1.807, 2.05) is 0 Å². The number of aliphatic hydroxyl groups is 3. The van der Waals surface area contributed by atoms with E-state index in [0.29, 0.717) is 12.8 Å². The van der Waals surface area contributed by atoms with Gasteiger partial charge in [0.25, 0.3) is 0 Å². The van der Waals surface area contributed by atoms with Gasteiger partial charge < -0.3 is 20.6 Å². The van der Waals surface area contributed by atoms with Crippen LogP contribution < -0.4 is 5.32 Å². The lowest BCUT2D eigenvalue weighted by molar-refractivity contribution is -0.124. The Bertz CT molecular complexity index is 747. The summed E-state index contributed by atoms with van der Waals surface area (Å²) in [6.45, 7) is 4.22. The molecule has 0 bridgehead atoms. The predicted molar refractivity (Wildman–Crippen MR) is 246 cm³/mol. The number of carbonyl (C=O) groups excluding carboxylic acids is 1. The Morgan fingerprint density at radius 2 is 0.607 bits per heavy atom. The fourth-order valence-corrected chi connectivity index (χ4v) is 8.46. The number of rotatable bonds is 48. The number of hydrogen-bond acceptors (Lipinski definition) is 4. The molecular formula is C51H103NO4. The molecule has 1 amide bonds. The average molecular weight is 794 g/mol. The van der Waals surface area contributed by atoms with Gasteiger partial charge in [0.1, 0.15) is 6.10 Å². The van der Waals surface area contributed by atoms with Gasteiger partial charge in [-0.15, -0.1) is 0 Å². The van der Waals surface area contributed by atoms with Crippen molar-refractivity contribution in [1.82, 2.24) is 5.32 Å². The summed E-state index contributed by atoms with van der Waals surface area (Å²) in [6, 6.07) is -0.803. The fraction of sp³-hybridized carbons (Fsp3) is 0.980. The molecule has 0 saturated carbocycles. The van der Waals surface area contributed by atoms with Crippen LogP contribution in [0, 0.1) is 0 Å². The first-order valence-corrected chi connectivity index (χ1v) is 25.8. The number of nitrogens with one attached hydrogen (secondary N) is 1. The molecule has 0 aromatic heterocycles. The molecule has 0 aliphatic rings. The maximum atomic E-state index is 12.5. The lowest BCUT2D eigenvalue weighted by Crippen LogP contribution is -2.50. The van der Waals surface area contributed by atoms with E-state index in [1.54, 1.807) is 0 Å². The third kappa shape index (κ3) is 41.5. The minimum Gasteiger partial charge on any atom is -0.394 e. The quantitative estimate of drug-likeness (QED) is 0.0462. The molecule has 5 nitrogen and oxygen atoms in total. The van der Waals surface area contributed by atoms with Crippen LogP contribution in [0.3, 0.4) is 0 Å². The van der Waals surface area contributed by atoms with E-state index in [1.165, 1.54) is 238 Å². The van der Waals surface area contributed by atoms with Crippen LogP contribution in [0.1, 0.15) is 296 Å². The summed E-state index contributed by atoms with van der Waals surface area (Å²) in [5.41, 5.74) is 0. The molecule has 0 aliphatic carbocycles. The van der Waals surface area contributed by atoms with Gasteiger partial charge in [-0.3, -0.25) is 4.79 Å². The maximum Gasteiger partial charge on any atom is 0.220 e. The van der Waals surface area contributed by atoms with Gasteiger partial charge in [0.15, 0.2) is 0 Å². The zero-order chi connectivity index (χ0) is 40.8. The summed E-state index contributed by atoms with van der Waals surface area (Å²) in [5, 5.41) is 33.7. The number of hydrogen-bond donors (Lipinski definition) is 4. The highest BCUT2D eigenvalue weighted by molar-refractivity contribution is 5.76. The molecule has 4 N–H and O–H groups in total. The standard InChI is InChI=1S/C51H103NO4/c1-3-5-7-9-11-13-15-17-19-21-23-24-25-26-27-28-30-32-34-36-38-40-42-44-46-50(55)52-48(47-53)51(56)49(54)45-43-41-39-37-35-33-31-29-22-20-18-16-14-12-10-8-6-4-2/h48-49,51,53-54,56H,3-47H2,1-2H3,(H,52,55). The minimum atomic E-state index is -1.13. The first-order chi connectivity index (χ1) is 27.6. The van der Waals surface area contributed by atoms with Gasteiger partial charge in [-0.25, -0.2) is 0 Å². The molecule has 0 fully saturated rings. The van der Waals surface area contributed by atoms with Gasteiger partial charge in [-0.1, -0.05) is 277 Å². The Balaban J connectivity index is 3.51. The van der Waals surface area contributed by atoms with Crippen LogP contribution in [0.5, 0.6) is 0 Å². The van der Waals surface area contributed by atoms with Crippen molar-refractivity contribution in [2.24, 2.45) is 0 Å². The fourth-order valence-electron chi connectivity index (χ4n) is 8.46. The largest absolute Gasteiger partial charge is 0.394 e. The van der Waals surface area contributed by atoms with Crippen molar-refractivity contribution in [3.05, 3.63) is 0 Å². The Hall–Kier alpha value is -0.650. The second-order valence-electron chi connectivity index (χ2n) is 18.1. The summed E-state index contributed by atoms with van der Waals surface area (Å²) < 4.78 is 0. The number of aliphatic hydroxyl groups excluding tert-OH is 3. The summed E-state index contributed by atoms with van der Waals surface area (Å²) in [7, 11) is 0. The van der Waals surface area contributed by atoms with Crippen LogP contribution in [0.2, 0.25) is 0 Å². The molecule has 0 aliphatic heterocycles. The van der Waals surface area contributed by atoms with Crippen LogP contribution in [-0.2, 0) is 4.79 Å². The molecule has 0 aromatic rings. The molecule has 0 aromatic carbocycles. The highest BCUT2D eigenvalue weighted by atomic mass is 16.3. The molecule has 0 saturated heterocycles. The van der Waals surface area contributed by atoms with Crippen LogP contribution in [0.4, 0.5) is 0 Å².